The normalized spacial score (nSPS) is 25.4. The van der Waals surface area contributed by atoms with Crippen LogP contribution in [0.25, 0.3) is 0 Å². The average molecular weight is 138 g/mol. The zero-order valence-corrected chi connectivity index (χ0v) is 5.70. The molecule has 1 fully saturated rings. The summed E-state index contributed by atoms with van der Waals surface area (Å²) < 4.78 is 1.92. The molecule has 1 aromatic heterocycles. The van der Waals surface area contributed by atoms with Gasteiger partial charge in [0.1, 0.15) is 0 Å². The van der Waals surface area contributed by atoms with Gasteiger partial charge in [0.25, 0.3) is 0 Å². The second-order valence-corrected chi connectivity index (χ2v) is 2.53. The second-order valence-electron chi connectivity index (χ2n) is 2.53. The Hall–Kier alpha value is -0.900. The molecular weight excluding hydrogens is 128 g/mol. The molecule has 0 saturated carbocycles. The Morgan fingerprint density at radius 3 is 3.20 bits per heavy atom. The molecule has 1 atom stereocenters. The molecule has 2 heterocycles. The molecule has 0 radical (unpaired) electrons. The second kappa shape index (κ2) is 2.38. The minimum Gasteiger partial charge on any atom is -0.315 e. The van der Waals surface area contributed by atoms with E-state index in [2.05, 4.69) is 15.6 Å². The van der Waals surface area contributed by atoms with E-state index in [1.54, 1.807) is 6.20 Å². The maximum Gasteiger partial charge on any atom is 0.0693 e. The maximum absolute atomic E-state index is 3.92. The number of hydrogen-bond acceptors (Lipinski definition) is 3. The smallest absolute Gasteiger partial charge is 0.0693 e. The molecule has 4 heteroatoms. The summed E-state index contributed by atoms with van der Waals surface area (Å²) in [5, 5.41) is 10.9. The topological polar surface area (TPSA) is 42.7 Å². The van der Waals surface area contributed by atoms with Crippen molar-refractivity contribution in [3.63, 3.8) is 0 Å². The highest BCUT2D eigenvalue weighted by Crippen LogP contribution is 2.11. The molecule has 4 nitrogen and oxygen atoms in total. The van der Waals surface area contributed by atoms with Crippen molar-refractivity contribution < 1.29 is 0 Å². The number of nitrogens with one attached hydrogen (secondary N) is 1. The van der Waals surface area contributed by atoms with Crippen molar-refractivity contribution in [1.82, 2.24) is 20.3 Å². The van der Waals surface area contributed by atoms with E-state index in [-0.39, 0.29) is 0 Å². The summed E-state index contributed by atoms with van der Waals surface area (Å²) in [7, 11) is 0. The van der Waals surface area contributed by atoms with Crippen LogP contribution < -0.4 is 5.32 Å². The zero-order chi connectivity index (χ0) is 6.81. The van der Waals surface area contributed by atoms with Crippen LogP contribution in [0.5, 0.6) is 0 Å². The third-order valence-electron chi connectivity index (χ3n) is 1.85. The highest BCUT2D eigenvalue weighted by atomic mass is 15.4. The van der Waals surface area contributed by atoms with Gasteiger partial charge in [0, 0.05) is 12.7 Å². The van der Waals surface area contributed by atoms with Crippen molar-refractivity contribution in [2.24, 2.45) is 0 Å². The Kier molecular flexibility index (Phi) is 1.39. The predicted octanol–water partition coefficient (Wildman–Crippen LogP) is -0.188. The third-order valence-corrected chi connectivity index (χ3v) is 1.85. The molecule has 0 unspecified atom stereocenters. The van der Waals surface area contributed by atoms with Gasteiger partial charge in [0.2, 0.25) is 0 Å². The maximum atomic E-state index is 3.92. The Balaban J connectivity index is 2.12. The lowest BCUT2D eigenvalue weighted by atomic mass is 10.3. The summed E-state index contributed by atoms with van der Waals surface area (Å²) >= 11 is 0. The molecule has 0 bridgehead atoms. The third kappa shape index (κ3) is 0.903. The molecule has 1 aliphatic rings. The van der Waals surface area contributed by atoms with E-state index < -0.39 is 0 Å². The molecule has 1 saturated heterocycles. The van der Waals surface area contributed by atoms with Crippen LogP contribution in [0.2, 0.25) is 0 Å². The van der Waals surface area contributed by atoms with Crippen LogP contribution in [0.3, 0.4) is 0 Å². The van der Waals surface area contributed by atoms with E-state index in [0.29, 0.717) is 6.04 Å². The van der Waals surface area contributed by atoms with E-state index in [9.17, 15) is 0 Å². The summed E-state index contributed by atoms with van der Waals surface area (Å²) in [5.74, 6) is 0. The van der Waals surface area contributed by atoms with Crippen molar-refractivity contribution in [3.8, 4) is 0 Å². The van der Waals surface area contributed by atoms with Gasteiger partial charge in [-0.25, -0.2) is 4.68 Å². The fourth-order valence-electron chi connectivity index (χ4n) is 1.28. The first-order valence-corrected chi connectivity index (χ1v) is 3.53. The number of aromatic nitrogens is 3. The van der Waals surface area contributed by atoms with Crippen molar-refractivity contribution in [2.75, 3.05) is 13.1 Å². The molecular formula is C6H10N4. The van der Waals surface area contributed by atoms with Crippen molar-refractivity contribution in [3.05, 3.63) is 12.4 Å². The van der Waals surface area contributed by atoms with Crippen LogP contribution in [0.15, 0.2) is 12.4 Å². The number of rotatable bonds is 1. The van der Waals surface area contributed by atoms with Crippen LogP contribution in [0.4, 0.5) is 0 Å². The Bertz CT molecular complexity index is 188. The van der Waals surface area contributed by atoms with Gasteiger partial charge in [-0.15, -0.1) is 5.10 Å². The molecule has 1 N–H and O–H groups in total. The summed E-state index contributed by atoms with van der Waals surface area (Å²) in [4.78, 5) is 0. The number of nitrogens with zero attached hydrogens (tertiary/aromatic N) is 3. The predicted molar refractivity (Wildman–Crippen MR) is 36.5 cm³/mol. The average Bonchev–Trinajstić information content (AvgIpc) is 2.59. The van der Waals surface area contributed by atoms with Crippen LogP contribution >= 0.6 is 0 Å². The van der Waals surface area contributed by atoms with Gasteiger partial charge in [-0.3, -0.25) is 0 Å². The minimum absolute atomic E-state index is 0.530. The summed E-state index contributed by atoms with van der Waals surface area (Å²) in [6.07, 6.45) is 4.80. The van der Waals surface area contributed by atoms with E-state index >= 15 is 0 Å². The van der Waals surface area contributed by atoms with Crippen LogP contribution in [0, 0.1) is 0 Å². The van der Waals surface area contributed by atoms with Gasteiger partial charge in [0.15, 0.2) is 0 Å². The molecule has 0 aromatic carbocycles. The van der Waals surface area contributed by atoms with Crippen LogP contribution in [0.1, 0.15) is 12.5 Å². The van der Waals surface area contributed by atoms with Crippen molar-refractivity contribution >= 4 is 0 Å². The lowest BCUT2D eigenvalue weighted by molar-refractivity contribution is 0.476. The van der Waals surface area contributed by atoms with Gasteiger partial charge >= 0.3 is 0 Å². The Labute approximate surface area is 59.2 Å². The minimum atomic E-state index is 0.530. The summed E-state index contributed by atoms with van der Waals surface area (Å²) in [5.41, 5.74) is 0. The van der Waals surface area contributed by atoms with E-state index in [1.807, 2.05) is 10.9 Å². The quantitative estimate of drug-likeness (QED) is 0.585. The molecule has 1 aromatic rings. The standard InChI is InChI=1S/C6H10N4/c1-2-7-5-6(1)10-4-3-8-9-10/h3-4,6-7H,1-2,5H2/t6-/m0/s1. The highest BCUT2D eigenvalue weighted by molar-refractivity contribution is 4.78. The lowest BCUT2D eigenvalue weighted by Crippen LogP contribution is -2.13. The SMILES string of the molecule is c1cn([C@H]2CCNC2)nn1. The fourth-order valence-corrected chi connectivity index (χ4v) is 1.28. The zero-order valence-electron chi connectivity index (χ0n) is 5.70. The highest BCUT2D eigenvalue weighted by Gasteiger charge is 2.15. The summed E-state index contributed by atoms with van der Waals surface area (Å²) in [6.45, 7) is 2.13. The first-order chi connectivity index (χ1) is 4.97. The first-order valence-electron chi connectivity index (χ1n) is 3.53. The largest absolute Gasteiger partial charge is 0.315 e. The van der Waals surface area contributed by atoms with E-state index in [1.165, 1.54) is 6.42 Å². The van der Waals surface area contributed by atoms with Crippen LogP contribution in [-0.2, 0) is 0 Å². The lowest BCUT2D eigenvalue weighted by Gasteiger charge is -2.05. The van der Waals surface area contributed by atoms with E-state index in [0.717, 1.165) is 13.1 Å². The molecule has 0 amide bonds. The van der Waals surface area contributed by atoms with Gasteiger partial charge < -0.3 is 5.32 Å². The summed E-state index contributed by atoms with van der Waals surface area (Å²) in [6, 6.07) is 0.530. The first kappa shape index (κ1) is 5.85. The molecule has 2 rings (SSSR count). The molecule has 54 valence electrons. The van der Waals surface area contributed by atoms with Gasteiger partial charge in [-0.2, -0.15) is 0 Å². The molecule has 0 spiro atoms. The fraction of sp³-hybridized carbons (Fsp3) is 0.667. The molecule has 1 aliphatic heterocycles. The van der Waals surface area contributed by atoms with Crippen molar-refractivity contribution in [2.45, 2.75) is 12.5 Å². The van der Waals surface area contributed by atoms with Gasteiger partial charge in [-0.1, -0.05) is 5.21 Å². The van der Waals surface area contributed by atoms with E-state index in [4.69, 9.17) is 0 Å². The monoisotopic (exact) mass is 138 g/mol. The van der Waals surface area contributed by atoms with Gasteiger partial charge in [0.05, 0.1) is 12.2 Å². The Morgan fingerprint density at radius 2 is 2.60 bits per heavy atom. The molecule has 0 aliphatic carbocycles. The molecule has 10 heavy (non-hydrogen) atoms. The number of hydrogen-bond donors (Lipinski definition) is 1. The van der Waals surface area contributed by atoms with Gasteiger partial charge in [-0.05, 0) is 13.0 Å². The van der Waals surface area contributed by atoms with Crippen LogP contribution in [-0.4, -0.2) is 28.1 Å². The Morgan fingerprint density at radius 1 is 1.60 bits per heavy atom. The van der Waals surface area contributed by atoms with Crippen molar-refractivity contribution in [1.29, 1.82) is 0 Å².